The molecule has 90 valence electrons. The van der Waals surface area contributed by atoms with Gasteiger partial charge in [0, 0.05) is 11.1 Å². The van der Waals surface area contributed by atoms with Crippen molar-refractivity contribution in [3.63, 3.8) is 0 Å². The SMILES string of the molecule is CC=CON=C(c1ccccc1)c1ccccc1. The molecule has 18 heavy (non-hydrogen) atoms. The first-order valence-corrected chi connectivity index (χ1v) is 5.87. The molecule has 0 fully saturated rings. The molecule has 0 aliphatic heterocycles. The summed E-state index contributed by atoms with van der Waals surface area (Å²) in [5.74, 6) is 0. The van der Waals surface area contributed by atoms with Crippen molar-refractivity contribution in [3.05, 3.63) is 84.1 Å². The Morgan fingerprint density at radius 2 is 1.39 bits per heavy atom. The molecule has 0 heterocycles. The Kier molecular flexibility index (Phi) is 4.31. The van der Waals surface area contributed by atoms with Crippen LogP contribution in [0.15, 0.2) is 78.2 Å². The molecule has 2 nitrogen and oxygen atoms in total. The fraction of sp³-hybridized carbons (Fsp3) is 0.0625. The lowest BCUT2D eigenvalue weighted by Gasteiger charge is -2.05. The van der Waals surface area contributed by atoms with Crippen LogP contribution < -0.4 is 0 Å². The summed E-state index contributed by atoms with van der Waals surface area (Å²) in [4.78, 5) is 5.16. The third kappa shape index (κ3) is 3.08. The number of nitrogens with zero attached hydrogens (tertiary/aromatic N) is 1. The molecule has 0 aliphatic rings. The van der Waals surface area contributed by atoms with Gasteiger partial charge in [0.2, 0.25) is 0 Å². The first kappa shape index (κ1) is 12.1. The minimum atomic E-state index is 0.828. The average Bonchev–Trinajstić information content (AvgIpc) is 2.46. The van der Waals surface area contributed by atoms with Gasteiger partial charge in [0.1, 0.15) is 12.0 Å². The van der Waals surface area contributed by atoms with Crippen LogP contribution in [0.5, 0.6) is 0 Å². The van der Waals surface area contributed by atoms with Crippen LogP contribution in [-0.2, 0) is 4.84 Å². The summed E-state index contributed by atoms with van der Waals surface area (Å²) in [6.07, 6.45) is 3.36. The predicted molar refractivity (Wildman–Crippen MR) is 74.4 cm³/mol. The summed E-state index contributed by atoms with van der Waals surface area (Å²) >= 11 is 0. The van der Waals surface area contributed by atoms with Gasteiger partial charge in [-0.3, -0.25) is 0 Å². The standard InChI is InChI=1S/C16H15NO/c1-2-13-18-17-16(14-9-5-3-6-10-14)15-11-7-4-8-12-15/h2-13H,1H3. The summed E-state index contributed by atoms with van der Waals surface area (Å²) in [6, 6.07) is 20.0. The van der Waals surface area contributed by atoms with Crippen molar-refractivity contribution in [1.29, 1.82) is 0 Å². The highest BCUT2D eigenvalue weighted by molar-refractivity contribution is 6.12. The van der Waals surface area contributed by atoms with E-state index in [4.69, 9.17) is 4.84 Å². The van der Waals surface area contributed by atoms with Crippen molar-refractivity contribution in [1.82, 2.24) is 0 Å². The molecule has 0 atom stereocenters. The van der Waals surface area contributed by atoms with Gasteiger partial charge in [0.15, 0.2) is 0 Å². The molecule has 0 saturated carbocycles. The molecule has 2 aromatic rings. The van der Waals surface area contributed by atoms with Crippen LogP contribution in [0.2, 0.25) is 0 Å². The zero-order chi connectivity index (χ0) is 12.6. The topological polar surface area (TPSA) is 21.6 Å². The van der Waals surface area contributed by atoms with Gasteiger partial charge >= 0.3 is 0 Å². The summed E-state index contributed by atoms with van der Waals surface area (Å²) in [7, 11) is 0. The van der Waals surface area contributed by atoms with E-state index in [0.717, 1.165) is 16.8 Å². The Morgan fingerprint density at radius 1 is 0.889 bits per heavy atom. The largest absolute Gasteiger partial charge is 0.365 e. The van der Waals surface area contributed by atoms with Gasteiger partial charge in [-0.1, -0.05) is 65.8 Å². The zero-order valence-electron chi connectivity index (χ0n) is 10.3. The lowest BCUT2D eigenvalue weighted by atomic mass is 10.0. The van der Waals surface area contributed by atoms with E-state index in [0.29, 0.717) is 0 Å². The van der Waals surface area contributed by atoms with Gasteiger partial charge in [-0.2, -0.15) is 0 Å². The summed E-state index contributed by atoms with van der Waals surface area (Å²) in [5, 5.41) is 4.18. The normalized spacial score (nSPS) is 10.3. The van der Waals surface area contributed by atoms with Gasteiger partial charge in [-0.05, 0) is 13.0 Å². The highest BCUT2D eigenvalue weighted by Crippen LogP contribution is 2.11. The Balaban J connectivity index is 2.38. The second-order valence-corrected chi connectivity index (χ2v) is 3.75. The van der Waals surface area contributed by atoms with Gasteiger partial charge in [0.05, 0.1) is 0 Å². The van der Waals surface area contributed by atoms with Crippen LogP contribution in [0.25, 0.3) is 0 Å². The average molecular weight is 237 g/mol. The molecule has 0 amide bonds. The lowest BCUT2D eigenvalue weighted by Crippen LogP contribution is -2.03. The van der Waals surface area contributed by atoms with Crippen molar-refractivity contribution < 1.29 is 4.84 Å². The highest BCUT2D eigenvalue weighted by atomic mass is 16.6. The summed E-state index contributed by atoms with van der Waals surface area (Å²) in [6.45, 7) is 1.89. The van der Waals surface area contributed by atoms with E-state index in [1.165, 1.54) is 0 Å². The fourth-order valence-electron chi connectivity index (χ4n) is 1.61. The van der Waals surface area contributed by atoms with Gasteiger partial charge < -0.3 is 4.84 Å². The van der Waals surface area contributed by atoms with Gasteiger partial charge in [-0.25, -0.2) is 0 Å². The van der Waals surface area contributed by atoms with Crippen LogP contribution >= 0.6 is 0 Å². The molecule has 2 aromatic carbocycles. The van der Waals surface area contributed by atoms with Gasteiger partial charge in [0.25, 0.3) is 0 Å². The molecule has 2 rings (SSSR count). The number of oxime groups is 1. The molecule has 0 radical (unpaired) electrons. The van der Waals surface area contributed by atoms with Crippen molar-refractivity contribution in [2.45, 2.75) is 6.92 Å². The van der Waals surface area contributed by atoms with E-state index in [9.17, 15) is 0 Å². The third-order valence-corrected chi connectivity index (χ3v) is 2.44. The summed E-state index contributed by atoms with van der Waals surface area (Å²) in [5.41, 5.74) is 2.90. The molecule has 2 heteroatoms. The third-order valence-electron chi connectivity index (χ3n) is 2.44. The monoisotopic (exact) mass is 237 g/mol. The molecule has 0 aliphatic carbocycles. The van der Waals surface area contributed by atoms with E-state index < -0.39 is 0 Å². The van der Waals surface area contributed by atoms with Crippen LogP contribution in [0.1, 0.15) is 18.1 Å². The number of allylic oxidation sites excluding steroid dienone is 1. The molecule has 0 bridgehead atoms. The van der Waals surface area contributed by atoms with Crippen LogP contribution in [0.4, 0.5) is 0 Å². The van der Waals surface area contributed by atoms with E-state index >= 15 is 0 Å². The molecular weight excluding hydrogens is 222 g/mol. The molecule has 0 saturated heterocycles. The molecule has 0 N–H and O–H groups in total. The Hall–Kier alpha value is -2.35. The molecule has 0 aromatic heterocycles. The van der Waals surface area contributed by atoms with Crippen LogP contribution in [0.3, 0.4) is 0 Å². The van der Waals surface area contributed by atoms with Crippen molar-refractivity contribution in [2.75, 3.05) is 0 Å². The molecule has 0 unspecified atom stereocenters. The van der Waals surface area contributed by atoms with Crippen LogP contribution in [0, 0.1) is 0 Å². The molecule has 0 spiro atoms. The van der Waals surface area contributed by atoms with Crippen LogP contribution in [-0.4, -0.2) is 5.71 Å². The van der Waals surface area contributed by atoms with Crippen molar-refractivity contribution in [2.24, 2.45) is 5.16 Å². The Labute approximate surface area is 107 Å². The van der Waals surface area contributed by atoms with Crippen molar-refractivity contribution in [3.8, 4) is 0 Å². The maximum Gasteiger partial charge on any atom is 0.117 e. The second-order valence-electron chi connectivity index (χ2n) is 3.75. The Bertz CT molecular complexity index is 488. The summed E-state index contributed by atoms with van der Waals surface area (Å²) < 4.78 is 0. The first-order chi connectivity index (χ1) is 8.92. The predicted octanol–water partition coefficient (Wildman–Crippen LogP) is 3.99. The van der Waals surface area contributed by atoms with Crippen molar-refractivity contribution >= 4 is 5.71 Å². The number of rotatable bonds is 4. The fourth-order valence-corrected chi connectivity index (χ4v) is 1.61. The maximum absolute atomic E-state index is 5.16. The van der Waals surface area contributed by atoms with E-state index in [1.807, 2.05) is 67.6 Å². The maximum atomic E-state index is 5.16. The Morgan fingerprint density at radius 3 is 1.83 bits per heavy atom. The quantitative estimate of drug-likeness (QED) is 0.447. The molecular formula is C16H15NO. The van der Waals surface area contributed by atoms with Gasteiger partial charge in [-0.15, -0.1) is 0 Å². The lowest BCUT2D eigenvalue weighted by molar-refractivity contribution is 0.268. The first-order valence-electron chi connectivity index (χ1n) is 5.87. The highest BCUT2D eigenvalue weighted by Gasteiger charge is 2.06. The second kappa shape index (κ2) is 6.40. The van der Waals surface area contributed by atoms with E-state index in [-0.39, 0.29) is 0 Å². The minimum absolute atomic E-state index is 0.828. The number of hydrogen-bond donors (Lipinski definition) is 0. The zero-order valence-corrected chi connectivity index (χ0v) is 10.3. The van der Waals surface area contributed by atoms with E-state index in [2.05, 4.69) is 5.16 Å². The number of benzene rings is 2. The van der Waals surface area contributed by atoms with E-state index in [1.54, 1.807) is 12.3 Å². The smallest absolute Gasteiger partial charge is 0.117 e. The minimum Gasteiger partial charge on any atom is -0.365 e. The number of hydrogen-bond acceptors (Lipinski definition) is 2.